The van der Waals surface area contributed by atoms with Gasteiger partial charge in [-0.2, -0.15) is 0 Å². The summed E-state index contributed by atoms with van der Waals surface area (Å²) < 4.78 is 29.3. The minimum Gasteiger partial charge on any atom is -0.452 e. The quantitative estimate of drug-likeness (QED) is 0.582. The van der Waals surface area contributed by atoms with E-state index < -0.39 is 15.8 Å². The predicted octanol–water partition coefficient (Wildman–Crippen LogP) is 2.99. The molecule has 1 aromatic carbocycles. The van der Waals surface area contributed by atoms with Crippen LogP contribution in [0.5, 0.6) is 0 Å². The molecule has 0 N–H and O–H groups in total. The van der Waals surface area contributed by atoms with Crippen LogP contribution in [0.1, 0.15) is 40.8 Å². The second kappa shape index (κ2) is 9.75. The number of amides is 1. The molecule has 2 fully saturated rings. The molecule has 1 amide bonds. The summed E-state index contributed by atoms with van der Waals surface area (Å²) in [6.07, 6.45) is 0.438. The second-order valence-electron chi connectivity index (χ2n) is 7.77. The highest BCUT2D eigenvalue weighted by Gasteiger charge is 2.35. The van der Waals surface area contributed by atoms with Gasteiger partial charge in [-0.25, -0.2) is 13.2 Å². The Labute approximate surface area is 181 Å². The predicted molar refractivity (Wildman–Crippen MR) is 118 cm³/mol. The van der Waals surface area contributed by atoms with Gasteiger partial charge in [-0.1, -0.05) is 26.0 Å². The summed E-state index contributed by atoms with van der Waals surface area (Å²) in [6, 6.07) is 6.99. The van der Waals surface area contributed by atoms with Crippen LogP contribution in [0.15, 0.2) is 24.3 Å². The maximum Gasteiger partial charge on any atom is 0.338 e. The van der Waals surface area contributed by atoms with Crippen molar-refractivity contribution in [1.29, 1.82) is 0 Å². The molecule has 160 valence electrons. The Morgan fingerprint density at radius 2 is 1.83 bits per heavy atom. The molecule has 0 bridgehead atoms. The van der Waals surface area contributed by atoms with Crippen molar-refractivity contribution in [2.45, 2.75) is 30.9 Å². The summed E-state index contributed by atoms with van der Waals surface area (Å²) in [5, 5.41) is 0. The maximum atomic E-state index is 12.7. The Morgan fingerprint density at radius 1 is 1.17 bits per heavy atom. The van der Waals surface area contributed by atoms with E-state index in [1.807, 2.05) is 49.5 Å². The van der Waals surface area contributed by atoms with E-state index in [-0.39, 0.29) is 36.0 Å². The molecule has 0 saturated carbocycles. The number of thioether (sulfide) groups is 2. The van der Waals surface area contributed by atoms with Gasteiger partial charge in [-0.05, 0) is 30.0 Å². The number of sulfone groups is 1. The molecular weight excluding hydrogens is 430 g/mol. The van der Waals surface area contributed by atoms with Crippen LogP contribution in [0.4, 0.5) is 0 Å². The zero-order valence-electron chi connectivity index (χ0n) is 16.7. The van der Waals surface area contributed by atoms with Crippen molar-refractivity contribution >= 4 is 45.2 Å². The van der Waals surface area contributed by atoms with Crippen molar-refractivity contribution in [3.8, 4) is 0 Å². The minimum absolute atomic E-state index is 0.0158. The van der Waals surface area contributed by atoms with Gasteiger partial charge in [0.15, 0.2) is 16.4 Å². The first-order valence-corrected chi connectivity index (χ1v) is 13.7. The summed E-state index contributed by atoms with van der Waals surface area (Å²) in [4.78, 5) is 26.6. The largest absolute Gasteiger partial charge is 0.452 e. The minimum atomic E-state index is -3.10. The first-order chi connectivity index (χ1) is 13.7. The topological polar surface area (TPSA) is 80.8 Å². The normalized spacial score (nSPS) is 21.4. The van der Waals surface area contributed by atoms with Crippen molar-refractivity contribution < 1.29 is 22.7 Å². The molecule has 2 saturated heterocycles. The number of esters is 1. The highest BCUT2D eigenvalue weighted by Crippen LogP contribution is 2.45. The second-order valence-corrected chi connectivity index (χ2v) is 12.7. The van der Waals surface area contributed by atoms with E-state index in [1.165, 1.54) is 5.56 Å². The van der Waals surface area contributed by atoms with Gasteiger partial charge in [-0.15, -0.1) is 23.5 Å². The molecule has 0 unspecified atom stereocenters. The van der Waals surface area contributed by atoms with Crippen LogP contribution in [0.25, 0.3) is 0 Å². The number of rotatable bonds is 7. The number of nitrogens with zero attached hydrogens (tertiary/aromatic N) is 1. The molecule has 2 aliphatic rings. The molecule has 2 heterocycles. The molecule has 3 rings (SSSR count). The molecule has 1 aromatic rings. The number of ether oxygens (including phenoxy) is 1. The summed E-state index contributed by atoms with van der Waals surface area (Å²) in [6.45, 7) is 4.01. The van der Waals surface area contributed by atoms with Crippen LogP contribution in [0, 0.1) is 5.92 Å². The average Bonchev–Trinajstić information content (AvgIpc) is 3.33. The first kappa shape index (κ1) is 22.5. The Kier molecular flexibility index (Phi) is 7.56. The monoisotopic (exact) mass is 457 g/mol. The summed E-state index contributed by atoms with van der Waals surface area (Å²) in [5.74, 6) is 1.66. The highest BCUT2D eigenvalue weighted by atomic mass is 32.2. The fourth-order valence-electron chi connectivity index (χ4n) is 3.49. The third kappa shape index (κ3) is 6.15. The first-order valence-electron chi connectivity index (χ1n) is 9.75. The summed E-state index contributed by atoms with van der Waals surface area (Å²) in [5.41, 5.74) is 1.59. The Morgan fingerprint density at radius 3 is 2.38 bits per heavy atom. The fraction of sp³-hybridized carbons (Fsp3) is 0.600. The van der Waals surface area contributed by atoms with Gasteiger partial charge in [0.05, 0.1) is 21.7 Å². The zero-order chi connectivity index (χ0) is 21.0. The maximum absolute atomic E-state index is 12.7. The van der Waals surface area contributed by atoms with Crippen LogP contribution >= 0.6 is 23.5 Å². The molecule has 29 heavy (non-hydrogen) atoms. The summed E-state index contributed by atoms with van der Waals surface area (Å²) >= 11 is 3.79. The number of hydrogen-bond acceptors (Lipinski definition) is 7. The lowest BCUT2D eigenvalue weighted by Gasteiger charge is -2.29. The van der Waals surface area contributed by atoms with Gasteiger partial charge < -0.3 is 9.64 Å². The number of carbonyl (C=O) groups excluding carboxylic acids is 2. The number of hydrogen-bond donors (Lipinski definition) is 0. The lowest BCUT2D eigenvalue weighted by molar-refractivity contribution is -0.137. The van der Waals surface area contributed by atoms with Crippen LogP contribution in [-0.2, 0) is 19.4 Å². The molecule has 0 radical (unpaired) electrons. The van der Waals surface area contributed by atoms with Crippen molar-refractivity contribution in [3.05, 3.63) is 35.4 Å². The van der Waals surface area contributed by atoms with Crippen molar-refractivity contribution in [1.82, 2.24) is 4.90 Å². The zero-order valence-corrected chi connectivity index (χ0v) is 19.2. The SMILES string of the molecule is CC(C)CN(C(=O)COC(=O)c1ccc(C2SCCS2)cc1)[C@@H]1CCS(=O)(=O)C1. The molecule has 6 nitrogen and oxygen atoms in total. The van der Waals surface area contributed by atoms with Gasteiger partial charge in [0.25, 0.3) is 5.91 Å². The Balaban J connectivity index is 1.57. The average molecular weight is 458 g/mol. The van der Waals surface area contributed by atoms with E-state index in [1.54, 1.807) is 17.0 Å². The van der Waals surface area contributed by atoms with Crippen molar-refractivity contribution in [2.75, 3.05) is 36.2 Å². The van der Waals surface area contributed by atoms with E-state index in [4.69, 9.17) is 4.74 Å². The molecule has 0 spiro atoms. The van der Waals surface area contributed by atoms with Gasteiger partial charge in [0, 0.05) is 24.1 Å². The Hall–Kier alpha value is -1.19. The van der Waals surface area contributed by atoms with E-state index in [2.05, 4.69) is 0 Å². The van der Waals surface area contributed by atoms with Crippen molar-refractivity contribution in [2.24, 2.45) is 5.92 Å². The van der Waals surface area contributed by atoms with Gasteiger partial charge in [0.2, 0.25) is 0 Å². The number of carbonyl (C=O) groups is 2. The number of benzene rings is 1. The van der Waals surface area contributed by atoms with Crippen LogP contribution < -0.4 is 0 Å². The third-order valence-electron chi connectivity index (χ3n) is 4.90. The Bertz CT molecular complexity index is 832. The van der Waals surface area contributed by atoms with Crippen LogP contribution in [-0.4, -0.2) is 67.4 Å². The van der Waals surface area contributed by atoms with E-state index in [0.717, 1.165) is 11.5 Å². The smallest absolute Gasteiger partial charge is 0.338 e. The molecule has 1 atom stereocenters. The molecular formula is C20H27NO5S3. The van der Waals surface area contributed by atoms with E-state index in [9.17, 15) is 18.0 Å². The highest BCUT2D eigenvalue weighted by molar-refractivity contribution is 8.19. The lowest BCUT2D eigenvalue weighted by atomic mass is 10.1. The molecule has 0 aliphatic carbocycles. The fourth-order valence-corrected chi connectivity index (χ4v) is 8.08. The van der Waals surface area contributed by atoms with E-state index >= 15 is 0 Å². The molecule has 0 aromatic heterocycles. The lowest BCUT2D eigenvalue weighted by Crippen LogP contribution is -2.45. The standard InChI is InChI=1S/C20H27NO5S3/c1-14(2)11-21(17-7-10-29(24,25)13-17)18(22)12-26-19(23)15-3-5-16(6-4-15)20-27-8-9-28-20/h3-6,14,17,20H,7-13H2,1-2H3/t17-/m1/s1. The third-order valence-corrected chi connectivity index (χ3v) is 9.75. The molecule has 2 aliphatic heterocycles. The summed E-state index contributed by atoms with van der Waals surface area (Å²) in [7, 11) is -3.10. The van der Waals surface area contributed by atoms with Gasteiger partial charge in [0.1, 0.15) is 0 Å². The molecule has 9 heteroatoms. The van der Waals surface area contributed by atoms with Crippen LogP contribution in [0.2, 0.25) is 0 Å². The van der Waals surface area contributed by atoms with Crippen molar-refractivity contribution in [3.63, 3.8) is 0 Å². The van der Waals surface area contributed by atoms with Gasteiger partial charge >= 0.3 is 5.97 Å². The van der Waals surface area contributed by atoms with Gasteiger partial charge in [-0.3, -0.25) is 4.79 Å². The van der Waals surface area contributed by atoms with E-state index in [0.29, 0.717) is 23.1 Å². The van der Waals surface area contributed by atoms with Crippen LogP contribution in [0.3, 0.4) is 0 Å².